The Morgan fingerprint density at radius 3 is 2.44 bits per heavy atom. The zero-order chi connectivity index (χ0) is 24.3. The molecule has 0 spiro atoms. The van der Waals surface area contributed by atoms with Crippen LogP contribution in [-0.2, 0) is 16.0 Å². The van der Waals surface area contributed by atoms with Gasteiger partial charge in [-0.1, -0.05) is 75.6 Å². The van der Waals surface area contributed by atoms with Crippen molar-refractivity contribution in [2.24, 2.45) is 5.92 Å². The van der Waals surface area contributed by atoms with Crippen LogP contribution in [0.15, 0.2) is 54.6 Å². The Morgan fingerprint density at radius 2 is 1.79 bits per heavy atom. The SMILES string of the molecule is C=C(CO)C(=O)OCCCc1ccc(-c2ccc(C3CCC(CCCCC)CC3)cc2F)cc1. The molecular formula is C30H39FO3. The number of carbonyl (C=O) groups excluding carboxylic acids is 1. The molecular weight excluding hydrogens is 427 g/mol. The molecule has 1 aliphatic rings. The van der Waals surface area contributed by atoms with Gasteiger partial charge in [0.2, 0.25) is 0 Å². The van der Waals surface area contributed by atoms with Gasteiger partial charge in [-0.3, -0.25) is 0 Å². The lowest BCUT2D eigenvalue weighted by Gasteiger charge is -2.29. The number of aliphatic hydroxyl groups is 1. The Hall–Kier alpha value is -2.46. The minimum Gasteiger partial charge on any atom is -0.462 e. The van der Waals surface area contributed by atoms with E-state index in [0.717, 1.165) is 29.0 Å². The largest absolute Gasteiger partial charge is 0.462 e. The molecule has 0 radical (unpaired) electrons. The molecule has 2 aromatic carbocycles. The molecule has 1 fully saturated rings. The number of carbonyl (C=O) groups is 1. The Kier molecular flexibility index (Phi) is 10.3. The fourth-order valence-corrected chi connectivity index (χ4v) is 4.95. The van der Waals surface area contributed by atoms with Gasteiger partial charge in [-0.15, -0.1) is 0 Å². The number of rotatable bonds is 12. The number of halogens is 1. The highest BCUT2D eigenvalue weighted by atomic mass is 19.1. The Bertz CT molecular complexity index is 927. The van der Waals surface area contributed by atoms with E-state index in [9.17, 15) is 4.79 Å². The summed E-state index contributed by atoms with van der Waals surface area (Å²) in [4.78, 5) is 11.5. The standard InChI is InChI=1S/C30H39FO3/c1-3-4-5-7-23-9-13-25(14-10-23)27-17-18-28(29(31)20-27)26-15-11-24(12-16-26)8-6-19-34-30(33)22(2)21-32/h11-12,15-18,20,23,25,32H,2-10,13-14,19,21H2,1H3. The maximum absolute atomic E-state index is 15.0. The molecule has 0 unspecified atom stereocenters. The molecule has 0 heterocycles. The van der Waals surface area contributed by atoms with Crippen molar-refractivity contribution in [2.75, 3.05) is 13.2 Å². The summed E-state index contributed by atoms with van der Waals surface area (Å²) in [6, 6.07) is 13.7. The Labute approximate surface area is 204 Å². The maximum Gasteiger partial charge on any atom is 0.335 e. The molecule has 3 rings (SSSR count). The molecule has 0 aromatic heterocycles. The minimum absolute atomic E-state index is 0.0625. The Balaban J connectivity index is 1.50. The summed E-state index contributed by atoms with van der Waals surface area (Å²) in [5.41, 5.74) is 3.82. The van der Waals surface area contributed by atoms with Crippen molar-refractivity contribution in [2.45, 2.75) is 77.0 Å². The fraction of sp³-hybridized carbons (Fsp3) is 0.500. The van der Waals surface area contributed by atoms with Crippen LogP contribution in [0, 0.1) is 11.7 Å². The van der Waals surface area contributed by atoms with Crippen molar-refractivity contribution in [1.82, 2.24) is 0 Å². The topological polar surface area (TPSA) is 46.5 Å². The van der Waals surface area contributed by atoms with Crippen molar-refractivity contribution < 1.29 is 19.0 Å². The summed E-state index contributed by atoms with van der Waals surface area (Å²) in [5, 5.41) is 8.88. The van der Waals surface area contributed by atoms with E-state index in [1.807, 2.05) is 30.3 Å². The smallest absolute Gasteiger partial charge is 0.335 e. The fourth-order valence-electron chi connectivity index (χ4n) is 4.95. The van der Waals surface area contributed by atoms with E-state index in [0.29, 0.717) is 17.9 Å². The van der Waals surface area contributed by atoms with E-state index in [2.05, 4.69) is 19.6 Å². The number of aryl methyl sites for hydroxylation is 1. The van der Waals surface area contributed by atoms with Crippen LogP contribution in [0.2, 0.25) is 0 Å². The Morgan fingerprint density at radius 1 is 1.06 bits per heavy atom. The number of hydrogen-bond acceptors (Lipinski definition) is 3. The summed E-state index contributed by atoms with van der Waals surface area (Å²) in [5.74, 6) is 0.637. The predicted octanol–water partition coefficient (Wildman–Crippen LogP) is 7.37. The zero-order valence-electron chi connectivity index (χ0n) is 20.5. The highest BCUT2D eigenvalue weighted by Gasteiger charge is 2.23. The van der Waals surface area contributed by atoms with Crippen molar-refractivity contribution in [3.8, 4) is 11.1 Å². The van der Waals surface area contributed by atoms with Crippen molar-refractivity contribution in [1.29, 1.82) is 0 Å². The van der Waals surface area contributed by atoms with Gasteiger partial charge < -0.3 is 9.84 Å². The van der Waals surface area contributed by atoms with Gasteiger partial charge in [0.1, 0.15) is 5.82 Å². The van der Waals surface area contributed by atoms with Crippen LogP contribution < -0.4 is 0 Å². The zero-order valence-corrected chi connectivity index (χ0v) is 20.5. The van der Waals surface area contributed by atoms with Gasteiger partial charge in [0, 0.05) is 5.56 Å². The molecule has 184 valence electrons. The molecule has 0 amide bonds. The average molecular weight is 467 g/mol. The van der Waals surface area contributed by atoms with E-state index >= 15 is 4.39 Å². The van der Waals surface area contributed by atoms with Gasteiger partial charge in [-0.05, 0) is 73.1 Å². The number of hydrogen-bond donors (Lipinski definition) is 1. The third-order valence-corrected chi connectivity index (χ3v) is 7.11. The highest BCUT2D eigenvalue weighted by Crippen LogP contribution is 2.39. The second-order valence-electron chi connectivity index (χ2n) is 9.65. The van der Waals surface area contributed by atoms with E-state index in [4.69, 9.17) is 9.84 Å². The molecule has 4 heteroatoms. The quantitative estimate of drug-likeness (QED) is 0.202. The van der Waals surface area contributed by atoms with Crippen LogP contribution >= 0.6 is 0 Å². The molecule has 1 saturated carbocycles. The van der Waals surface area contributed by atoms with Crippen molar-refractivity contribution in [3.05, 3.63) is 71.6 Å². The summed E-state index contributed by atoms with van der Waals surface area (Å²) < 4.78 is 20.1. The first-order chi connectivity index (χ1) is 16.5. The van der Waals surface area contributed by atoms with Gasteiger partial charge in [0.15, 0.2) is 0 Å². The summed E-state index contributed by atoms with van der Waals surface area (Å²) >= 11 is 0. The lowest BCUT2D eigenvalue weighted by Crippen LogP contribution is -2.13. The highest BCUT2D eigenvalue weighted by molar-refractivity contribution is 5.87. The van der Waals surface area contributed by atoms with E-state index < -0.39 is 12.6 Å². The third kappa shape index (κ3) is 7.53. The van der Waals surface area contributed by atoms with Gasteiger partial charge in [0.25, 0.3) is 0 Å². The minimum atomic E-state index is -0.559. The van der Waals surface area contributed by atoms with Crippen molar-refractivity contribution >= 4 is 5.97 Å². The molecule has 34 heavy (non-hydrogen) atoms. The molecule has 1 aliphatic carbocycles. The van der Waals surface area contributed by atoms with Gasteiger partial charge >= 0.3 is 5.97 Å². The lowest BCUT2D eigenvalue weighted by molar-refractivity contribution is -0.139. The monoisotopic (exact) mass is 466 g/mol. The van der Waals surface area contributed by atoms with Crippen LogP contribution in [0.3, 0.4) is 0 Å². The summed E-state index contributed by atoms with van der Waals surface area (Å²) in [6.45, 7) is 5.59. The second kappa shape index (κ2) is 13.4. The van der Waals surface area contributed by atoms with Crippen LogP contribution in [0.4, 0.5) is 4.39 Å². The first-order valence-electron chi connectivity index (χ1n) is 12.9. The van der Waals surface area contributed by atoms with E-state index in [1.165, 1.54) is 51.4 Å². The first-order valence-corrected chi connectivity index (χ1v) is 12.9. The molecule has 0 saturated heterocycles. The first kappa shape index (κ1) is 26.2. The predicted molar refractivity (Wildman–Crippen MR) is 136 cm³/mol. The maximum atomic E-state index is 15.0. The molecule has 3 nitrogen and oxygen atoms in total. The van der Waals surface area contributed by atoms with Crippen molar-refractivity contribution in [3.63, 3.8) is 0 Å². The average Bonchev–Trinajstić information content (AvgIpc) is 2.87. The van der Waals surface area contributed by atoms with Crippen LogP contribution in [0.25, 0.3) is 11.1 Å². The van der Waals surface area contributed by atoms with Crippen LogP contribution in [-0.4, -0.2) is 24.3 Å². The normalized spacial score (nSPS) is 18.0. The number of aliphatic hydroxyl groups excluding tert-OH is 1. The molecule has 0 bridgehead atoms. The van der Waals surface area contributed by atoms with Crippen LogP contribution in [0.5, 0.6) is 0 Å². The summed E-state index contributed by atoms with van der Waals surface area (Å²) in [7, 11) is 0. The third-order valence-electron chi connectivity index (χ3n) is 7.11. The second-order valence-corrected chi connectivity index (χ2v) is 9.65. The molecule has 0 aliphatic heterocycles. The summed E-state index contributed by atoms with van der Waals surface area (Å²) in [6.07, 6.45) is 11.6. The number of ether oxygens (including phenoxy) is 1. The van der Waals surface area contributed by atoms with Gasteiger partial charge in [-0.2, -0.15) is 0 Å². The number of esters is 1. The number of benzene rings is 2. The molecule has 0 atom stereocenters. The number of unbranched alkanes of at least 4 members (excludes halogenated alkanes) is 2. The van der Waals surface area contributed by atoms with E-state index in [1.54, 1.807) is 6.07 Å². The lowest BCUT2D eigenvalue weighted by atomic mass is 9.77. The van der Waals surface area contributed by atoms with Crippen LogP contribution in [0.1, 0.15) is 81.8 Å². The van der Waals surface area contributed by atoms with Gasteiger partial charge in [-0.25, -0.2) is 9.18 Å². The van der Waals surface area contributed by atoms with E-state index in [-0.39, 0.29) is 18.0 Å². The molecule has 2 aromatic rings. The van der Waals surface area contributed by atoms with Gasteiger partial charge in [0.05, 0.1) is 18.8 Å². The molecule has 1 N–H and O–H groups in total.